The van der Waals surface area contributed by atoms with Gasteiger partial charge in [-0.2, -0.15) is 8.78 Å². The highest BCUT2D eigenvalue weighted by Crippen LogP contribution is 2.24. The van der Waals surface area contributed by atoms with Gasteiger partial charge in [0.1, 0.15) is 11.5 Å². The summed E-state index contributed by atoms with van der Waals surface area (Å²) >= 11 is 0.473. The summed E-state index contributed by atoms with van der Waals surface area (Å²) in [5.74, 6) is -1.98. The van der Waals surface area contributed by atoms with Gasteiger partial charge in [0.15, 0.2) is 5.70 Å². The second-order valence-corrected chi connectivity index (χ2v) is 6.06. The van der Waals surface area contributed by atoms with E-state index >= 15 is 0 Å². The Labute approximate surface area is 141 Å². The lowest BCUT2D eigenvalue weighted by Crippen LogP contribution is -2.05. The van der Waals surface area contributed by atoms with E-state index in [1.54, 1.807) is 18.2 Å². The Morgan fingerprint density at radius 3 is 2.88 bits per heavy atom. The molecule has 1 aliphatic heterocycles. The minimum Gasteiger partial charge on any atom is -0.461 e. The minimum absolute atomic E-state index is 0.0586. The molecule has 0 fully saturated rings. The van der Waals surface area contributed by atoms with Crippen molar-refractivity contribution < 1.29 is 22.7 Å². The van der Waals surface area contributed by atoms with Gasteiger partial charge in [0.05, 0.1) is 5.75 Å². The fourth-order valence-electron chi connectivity index (χ4n) is 2.14. The number of thioether (sulfide) groups is 1. The molecule has 4 nitrogen and oxygen atoms in total. The normalized spacial score (nSPS) is 15.9. The standard InChI is InChI=1S/C17H13F2NO3S/c1-10-3-2-4-11(7-10)15-20-14(16(21)23-15)8-12-5-6-13(22-12)9-24-17(18)19/h2-8,17H,9H2,1H3/b14-8-. The predicted octanol–water partition coefficient (Wildman–Crippen LogP) is 4.39. The summed E-state index contributed by atoms with van der Waals surface area (Å²) < 4.78 is 34.9. The van der Waals surface area contributed by atoms with Crippen LogP contribution in [0.15, 0.2) is 51.5 Å². The third kappa shape index (κ3) is 3.91. The topological polar surface area (TPSA) is 51.8 Å². The van der Waals surface area contributed by atoms with Crippen molar-refractivity contribution in [2.45, 2.75) is 18.4 Å². The third-order valence-electron chi connectivity index (χ3n) is 3.20. The number of aryl methyl sites for hydroxylation is 1. The quantitative estimate of drug-likeness (QED) is 0.593. The van der Waals surface area contributed by atoms with Crippen LogP contribution < -0.4 is 0 Å². The number of carbonyl (C=O) groups is 1. The van der Waals surface area contributed by atoms with Crippen LogP contribution in [0.1, 0.15) is 22.6 Å². The summed E-state index contributed by atoms with van der Waals surface area (Å²) in [5.41, 5.74) is 1.84. The zero-order valence-corrected chi connectivity index (χ0v) is 13.5. The molecule has 3 rings (SSSR count). The van der Waals surface area contributed by atoms with Crippen molar-refractivity contribution in [3.05, 3.63) is 64.7 Å². The van der Waals surface area contributed by atoms with Crippen molar-refractivity contribution in [3.63, 3.8) is 0 Å². The molecule has 2 aromatic rings. The molecule has 1 aliphatic rings. The van der Waals surface area contributed by atoms with Crippen molar-refractivity contribution in [1.29, 1.82) is 0 Å². The summed E-state index contributed by atoms with van der Waals surface area (Å²) in [7, 11) is 0. The maximum Gasteiger partial charge on any atom is 0.363 e. The number of halogens is 2. The number of ether oxygens (including phenoxy) is 1. The Balaban J connectivity index is 1.79. The van der Waals surface area contributed by atoms with Crippen molar-refractivity contribution in [2.24, 2.45) is 4.99 Å². The molecule has 24 heavy (non-hydrogen) atoms. The molecule has 0 radical (unpaired) electrons. The molecule has 0 saturated heterocycles. The molecule has 0 N–H and O–H groups in total. The lowest BCUT2D eigenvalue weighted by Gasteiger charge is -1.99. The zero-order chi connectivity index (χ0) is 17.1. The van der Waals surface area contributed by atoms with E-state index in [2.05, 4.69) is 4.99 Å². The van der Waals surface area contributed by atoms with Crippen molar-refractivity contribution in [3.8, 4) is 0 Å². The van der Waals surface area contributed by atoms with E-state index in [1.165, 1.54) is 6.08 Å². The fraction of sp³-hybridized carbons (Fsp3) is 0.176. The van der Waals surface area contributed by atoms with Gasteiger partial charge in [-0.25, -0.2) is 9.79 Å². The van der Waals surface area contributed by atoms with Crippen LogP contribution in [0.4, 0.5) is 8.78 Å². The maximum absolute atomic E-state index is 12.2. The summed E-state index contributed by atoms with van der Waals surface area (Å²) in [5, 5.41) is 0. The van der Waals surface area contributed by atoms with Gasteiger partial charge >= 0.3 is 5.97 Å². The Bertz CT molecular complexity index is 827. The van der Waals surface area contributed by atoms with Crippen LogP contribution in [0.5, 0.6) is 0 Å². The number of alkyl halides is 2. The number of rotatable bonds is 5. The summed E-state index contributed by atoms with van der Waals surface area (Å²) in [6.07, 6.45) is 1.43. The Kier molecular flexibility index (Phi) is 4.80. The third-order valence-corrected chi connectivity index (χ3v) is 3.90. The molecule has 7 heteroatoms. The number of benzene rings is 1. The predicted molar refractivity (Wildman–Crippen MR) is 87.8 cm³/mol. The molecule has 0 amide bonds. The van der Waals surface area contributed by atoms with Gasteiger partial charge < -0.3 is 9.15 Å². The number of carbonyl (C=O) groups excluding carboxylic acids is 1. The van der Waals surface area contributed by atoms with Crippen molar-refractivity contribution in [2.75, 3.05) is 0 Å². The highest BCUT2D eigenvalue weighted by Gasteiger charge is 2.24. The second kappa shape index (κ2) is 7.00. The number of aliphatic imine (C=N–C) groups is 1. The van der Waals surface area contributed by atoms with Crippen molar-refractivity contribution >= 4 is 29.7 Å². The van der Waals surface area contributed by atoms with E-state index in [9.17, 15) is 13.6 Å². The first-order valence-corrected chi connectivity index (χ1v) is 8.14. The molecule has 0 saturated carbocycles. The molecule has 0 spiro atoms. The molecule has 1 aromatic heterocycles. The van der Waals surface area contributed by atoms with Crippen LogP contribution in [0, 0.1) is 6.92 Å². The minimum atomic E-state index is -2.46. The van der Waals surface area contributed by atoms with Gasteiger partial charge in [0, 0.05) is 11.6 Å². The van der Waals surface area contributed by atoms with E-state index in [0.29, 0.717) is 28.8 Å². The lowest BCUT2D eigenvalue weighted by atomic mass is 10.1. The Morgan fingerprint density at radius 2 is 2.12 bits per heavy atom. The van der Waals surface area contributed by atoms with Gasteiger partial charge in [0.25, 0.3) is 5.76 Å². The van der Waals surface area contributed by atoms with E-state index in [4.69, 9.17) is 9.15 Å². The molecule has 0 atom stereocenters. The first kappa shape index (κ1) is 16.4. The second-order valence-electron chi connectivity index (χ2n) is 5.08. The summed E-state index contributed by atoms with van der Waals surface area (Å²) in [6.45, 7) is 1.93. The molecule has 2 heterocycles. The first-order chi connectivity index (χ1) is 11.5. The monoisotopic (exact) mass is 349 g/mol. The largest absolute Gasteiger partial charge is 0.461 e. The van der Waals surface area contributed by atoms with Gasteiger partial charge in [0.2, 0.25) is 5.90 Å². The number of hydrogen-bond acceptors (Lipinski definition) is 5. The fourth-order valence-corrected chi connectivity index (χ4v) is 2.59. The molecular weight excluding hydrogens is 336 g/mol. The van der Waals surface area contributed by atoms with Crippen LogP contribution >= 0.6 is 11.8 Å². The molecule has 0 unspecified atom stereocenters. The molecule has 0 aliphatic carbocycles. The molecule has 0 bridgehead atoms. The van der Waals surface area contributed by atoms with Crippen LogP contribution in [-0.2, 0) is 15.3 Å². The number of nitrogens with zero attached hydrogens (tertiary/aromatic N) is 1. The Morgan fingerprint density at radius 1 is 1.29 bits per heavy atom. The van der Waals surface area contributed by atoms with E-state index in [-0.39, 0.29) is 17.3 Å². The SMILES string of the molecule is Cc1cccc(C2=N/C(=C\c3ccc(CSC(F)F)o3)C(=O)O2)c1. The average molecular weight is 349 g/mol. The Hall–Kier alpha value is -2.41. The lowest BCUT2D eigenvalue weighted by molar-refractivity contribution is -0.129. The summed E-state index contributed by atoms with van der Waals surface area (Å²) in [6, 6.07) is 10.6. The van der Waals surface area contributed by atoms with Crippen LogP contribution in [-0.4, -0.2) is 17.6 Å². The van der Waals surface area contributed by atoms with Crippen LogP contribution in [0.2, 0.25) is 0 Å². The molecule has 124 valence electrons. The van der Waals surface area contributed by atoms with Gasteiger partial charge in [-0.3, -0.25) is 0 Å². The maximum atomic E-state index is 12.2. The van der Waals surface area contributed by atoms with Crippen molar-refractivity contribution in [1.82, 2.24) is 0 Å². The number of furan rings is 1. The average Bonchev–Trinajstić information content (AvgIpc) is 3.13. The van der Waals surface area contributed by atoms with E-state index in [1.807, 2.05) is 25.1 Å². The zero-order valence-electron chi connectivity index (χ0n) is 12.7. The van der Waals surface area contributed by atoms with E-state index < -0.39 is 11.7 Å². The number of esters is 1. The molecule has 1 aromatic carbocycles. The van der Waals surface area contributed by atoms with Crippen LogP contribution in [0.3, 0.4) is 0 Å². The van der Waals surface area contributed by atoms with Gasteiger partial charge in [-0.1, -0.05) is 29.5 Å². The van der Waals surface area contributed by atoms with Gasteiger partial charge in [-0.05, 0) is 31.2 Å². The molecular formula is C17H13F2NO3S. The smallest absolute Gasteiger partial charge is 0.363 e. The summed E-state index contributed by atoms with van der Waals surface area (Å²) in [4.78, 5) is 16.1. The number of hydrogen-bond donors (Lipinski definition) is 0. The van der Waals surface area contributed by atoms with Gasteiger partial charge in [-0.15, -0.1) is 0 Å². The number of cyclic esters (lactones) is 1. The van der Waals surface area contributed by atoms with E-state index in [0.717, 1.165) is 5.56 Å². The highest BCUT2D eigenvalue weighted by molar-refractivity contribution is 7.98. The van der Waals surface area contributed by atoms with Crippen LogP contribution in [0.25, 0.3) is 6.08 Å². The first-order valence-electron chi connectivity index (χ1n) is 7.09. The highest BCUT2D eigenvalue weighted by atomic mass is 32.2.